The van der Waals surface area contributed by atoms with E-state index in [2.05, 4.69) is 62.3 Å². The van der Waals surface area contributed by atoms with Crippen molar-refractivity contribution in [3.63, 3.8) is 0 Å². The van der Waals surface area contributed by atoms with Crippen LogP contribution in [-0.2, 0) is 19.3 Å². The fourth-order valence-electron chi connectivity index (χ4n) is 2.72. The normalized spacial score (nSPS) is 11.1. The highest BCUT2D eigenvalue weighted by Gasteiger charge is 2.02. The number of nitrogens with zero attached hydrogens (tertiary/aromatic N) is 4. The lowest BCUT2D eigenvalue weighted by molar-refractivity contribution is 0.776. The summed E-state index contributed by atoms with van der Waals surface area (Å²) in [7, 11) is 1.80. The van der Waals surface area contributed by atoms with E-state index < -0.39 is 0 Å². The molecule has 2 aromatic heterocycles. The van der Waals surface area contributed by atoms with Crippen LogP contribution in [0.1, 0.15) is 23.2 Å². The molecule has 150 valence electrons. The first-order valence-electron chi connectivity index (χ1n) is 9.25. The van der Waals surface area contributed by atoms with Crippen molar-refractivity contribution < 1.29 is 0 Å². The Bertz CT molecular complexity index is 842. The molecule has 0 radical (unpaired) electrons. The summed E-state index contributed by atoms with van der Waals surface area (Å²) in [5, 5.41) is 14.3. The van der Waals surface area contributed by atoms with Gasteiger partial charge in [0.2, 0.25) is 0 Å². The highest BCUT2D eigenvalue weighted by Crippen LogP contribution is 2.10. The Labute approximate surface area is 187 Å². The Hall–Kier alpha value is -1.94. The lowest BCUT2D eigenvalue weighted by Gasteiger charge is -2.11. The molecule has 0 fully saturated rings. The van der Waals surface area contributed by atoms with Gasteiger partial charge < -0.3 is 10.6 Å². The van der Waals surface area contributed by atoms with Gasteiger partial charge in [0.25, 0.3) is 0 Å². The Morgan fingerprint density at radius 1 is 1.14 bits per heavy atom. The van der Waals surface area contributed by atoms with E-state index in [0.29, 0.717) is 0 Å². The van der Waals surface area contributed by atoms with Gasteiger partial charge in [0, 0.05) is 44.3 Å². The highest BCUT2D eigenvalue weighted by atomic mass is 127. The van der Waals surface area contributed by atoms with Crippen LogP contribution in [0.5, 0.6) is 0 Å². The summed E-state index contributed by atoms with van der Waals surface area (Å²) in [5.41, 5.74) is 3.50. The molecule has 8 heteroatoms. The Balaban J connectivity index is 0.00000280. The average Bonchev–Trinajstić information content (AvgIpc) is 3.39. The molecule has 3 rings (SSSR count). The largest absolute Gasteiger partial charge is 0.356 e. The van der Waals surface area contributed by atoms with Gasteiger partial charge >= 0.3 is 0 Å². The molecule has 28 heavy (non-hydrogen) atoms. The SMILES string of the molecule is CCc1nc(CCNC(=NC)NCCc2ccc(-n3cccn3)cc2)cs1.I. The lowest BCUT2D eigenvalue weighted by atomic mass is 10.1. The first-order chi connectivity index (χ1) is 13.3. The molecule has 0 unspecified atom stereocenters. The van der Waals surface area contributed by atoms with Crippen LogP contribution >= 0.6 is 35.3 Å². The number of aromatic nitrogens is 3. The van der Waals surface area contributed by atoms with Crippen LogP contribution in [-0.4, -0.2) is 40.9 Å². The van der Waals surface area contributed by atoms with Crippen molar-refractivity contribution in [1.29, 1.82) is 0 Å². The van der Waals surface area contributed by atoms with E-state index in [0.717, 1.165) is 49.7 Å². The smallest absolute Gasteiger partial charge is 0.190 e. The van der Waals surface area contributed by atoms with Crippen molar-refractivity contribution in [2.45, 2.75) is 26.2 Å². The van der Waals surface area contributed by atoms with Crippen LogP contribution in [0.4, 0.5) is 0 Å². The molecule has 0 aliphatic rings. The van der Waals surface area contributed by atoms with Gasteiger partial charge in [-0.05, 0) is 36.6 Å². The fourth-order valence-corrected chi connectivity index (χ4v) is 3.50. The molecule has 2 heterocycles. The van der Waals surface area contributed by atoms with Crippen LogP contribution in [0.25, 0.3) is 5.69 Å². The summed E-state index contributed by atoms with van der Waals surface area (Å²) in [6.07, 6.45) is 6.58. The monoisotopic (exact) mass is 510 g/mol. The topological polar surface area (TPSA) is 67.1 Å². The number of hydrogen-bond acceptors (Lipinski definition) is 4. The number of nitrogens with one attached hydrogen (secondary N) is 2. The highest BCUT2D eigenvalue weighted by molar-refractivity contribution is 14.0. The predicted molar refractivity (Wildman–Crippen MR) is 127 cm³/mol. The minimum atomic E-state index is 0. The van der Waals surface area contributed by atoms with Gasteiger partial charge in [0.05, 0.1) is 16.4 Å². The molecule has 0 aliphatic heterocycles. The first-order valence-corrected chi connectivity index (χ1v) is 10.1. The van der Waals surface area contributed by atoms with Crippen molar-refractivity contribution >= 4 is 41.3 Å². The molecule has 0 saturated carbocycles. The third-order valence-electron chi connectivity index (χ3n) is 4.21. The van der Waals surface area contributed by atoms with E-state index in [1.54, 1.807) is 24.6 Å². The second kappa shape index (κ2) is 11.8. The van der Waals surface area contributed by atoms with Crippen molar-refractivity contribution in [3.05, 3.63) is 64.4 Å². The minimum Gasteiger partial charge on any atom is -0.356 e. The second-order valence-electron chi connectivity index (χ2n) is 6.13. The molecule has 6 nitrogen and oxygen atoms in total. The molecule has 0 saturated heterocycles. The maximum absolute atomic E-state index is 4.59. The summed E-state index contributed by atoms with van der Waals surface area (Å²) >= 11 is 1.74. The molecule has 1 aromatic carbocycles. The Morgan fingerprint density at radius 3 is 2.50 bits per heavy atom. The van der Waals surface area contributed by atoms with Crippen molar-refractivity contribution in [3.8, 4) is 5.69 Å². The van der Waals surface area contributed by atoms with E-state index in [1.165, 1.54) is 10.6 Å². The molecule has 0 atom stereocenters. The average molecular weight is 510 g/mol. The van der Waals surface area contributed by atoms with Crippen LogP contribution in [0, 0.1) is 0 Å². The van der Waals surface area contributed by atoms with Gasteiger partial charge in [0.1, 0.15) is 0 Å². The molecule has 0 aliphatic carbocycles. The maximum atomic E-state index is 4.59. The Morgan fingerprint density at radius 2 is 1.89 bits per heavy atom. The summed E-state index contributed by atoms with van der Waals surface area (Å²) in [6.45, 7) is 3.79. The predicted octanol–water partition coefficient (Wildman–Crippen LogP) is 3.46. The number of rotatable bonds is 8. The summed E-state index contributed by atoms with van der Waals surface area (Å²) in [5.74, 6) is 0.828. The molecule has 2 N–H and O–H groups in total. The van der Waals surface area contributed by atoms with Gasteiger partial charge in [0.15, 0.2) is 5.96 Å². The molecule has 0 bridgehead atoms. The van der Waals surface area contributed by atoms with E-state index >= 15 is 0 Å². The maximum Gasteiger partial charge on any atom is 0.190 e. The second-order valence-corrected chi connectivity index (χ2v) is 7.07. The van der Waals surface area contributed by atoms with E-state index in [4.69, 9.17) is 0 Å². The quantitative estimate of drug-likeness (QED) is 0.277. The number of aliphatic imine (C=N–C) groups is 1. The number of hydrogen-bond donors (Lipinski definition) is 2. The number of guanidine groups is 1. The number of thiazole rings is 1. The minimum absolute atomic E-state index is 0. The molecular formula is C20H27IN6S. The van der Waals surface area contributed by atoms with Gasteiger partial charge in [-0.2, -0.15) is 5.10 Å². The zero-order chi connectivity index (χ0) is 18.9. The number of benzene rings is 1. The fraction of sp³-hybridized carbons (Fsp3) is 0.350. The van der Waals surface area contributed by atoms with Crippen LogP contribution < -0.4 is 10.6 Å². The van der Waals surface area contributed by atoms with Crippen LogP contribution in [0.15, 0.2) is 53.1 Å². The standard InChI is InChI=1S/C20H26N6S.HI/c1-3-19-25-17(15-27-19)10-13-23-20(21-2)22-12-9-16-5-7-18(8-6-16)26-14-4-11-24-26;/h4-8,11,14-15H,3,9-10,12-13H2,1-2H3,(H2,21,22,23);1H. The number of halogens is 1. The van der Waals surface area contributed by atoms with Crippen LogP contribution in [0.3, 0.4) is 0 Å². The lowest BCUT2D eigenvalue weighted by Crippen LogP contribution is -2.39. The van der Waals surface area contributed by atoms with Gasteiger partial charge in [-0.25, -0.2) is 9.67 Å². The third kappa shape index (κ3) is 6.59. The van der Waals surface area contributed by atoms with Gasteiger partial charge in [-0.3, -0.25) is 4.99 Å². The molecule has 3 aromatic rings. The molecule has 0 amide bonds. The zero-order valence-corrected chi connectivity index (χ0v) is 19.4. The van der Waals surface area contributed by atoms with Gasteiger partial charge in [-0.15, -0.1) is 35.3 Å². The van der Waals surface area contributed by atoms with Gasteiger partial charge in [-0.1, -0.05) is 19.1 Å². The Kier molecular flexibility index (Phi) is 9.42. The van der Waals surface area contributed by atoms with Crippen molar-refractivity contribution in [2.75, 3.05) is 20.1 Å². The van der Waals surface area contributed by atoms with Crippen molar-refractivity contribution in [1.82, 2.24) is 25.4 Å². The van der Waals surface area contributed by atoms with Crippen molar-refractivity contribution in [2.24, 2.45) is 4.99 Å². The third-order valence-corrected chi connectivity index (χ3v) is 5.25. The summed E-state index contributed by atoms with van der Waals surface area (Å²) in [4.78, 5) is 8.88. The first kappa shape index (κ1) is 22.4. The summed E-state index contributed by atoms with van der Waals surface area (Å²) < 4.78 is 1.86. The summed E-state index contributed by atoms with van der Waals surface area (Å²) in [6, 6.07) is 10.4. The molecule has 0 spiro atoms. The van der Waals surface area contributed by atoms with E-state index in [-0.39, 0.29) is 24.0 Å². The number of aryl methyl sites for hydroxylation is 1. The van der Waals surface area contributed by atoms with Crippen LogP contribution in [0.2, 0.25) is 0 Å². The molecular weight excluding hydrogens is 483 g/mol. The zero-order valence-electron chi connectivity index (χ0n) is 16.3. The van der Waals surface area contributed by atoms with E-state index in [1.807, 2.05) is 16.9 Å². The van der Waals surface area contributed by atoms with E-state index in [9.17, 15) is 0 Å².